The number of amides is 2. The monoisotopic (exact) mass is 388 g/mol. The first kappa shape index (κ1) is 19.4. The highest BCUT2D eigenvalue weighted by molar-refractivity contribution is 5.92. The molecule has 0 N–H and O–H groups in total. The Morgan fingerprint density at radius 1 is 0.966 bits per heavy atom. The maximum absolute atomic E-state index is 13.1. The summed E-state index contributed by atoms with van der Waals surface area (Å²) in [6, 6.07) is 18.5. The number of hydrogen-bond donors (Lipinski definition) is 0. The van der Waals surface area contributed by atoms with Crippen LogP contribution >= 0.6 is 0 Å². The molecule has 0 spiro atoms. The van der Waals surface area contributed by atoms with Crippen molar-refractivity contribution >= 4 is 17.9 Å². The van der Waals surface area contributed by atoms with Crippen LogP contribution in [0.3, 0.4) is 0 Å². The zero-order valence-corrected chi connectivity index (χ0v) is 17.0. The van der Waals surface area contributed by atoms with Crippen molar-refractivity contribution in [2.75, 3.05) is 20.1 Å². The van der Waals surface area contributed by atoms with E-state index in [4.69, 9.17) is 0 Å². The van der Waals surface area contributed by atoms with E-state index in [0.29, 0.717) is 13.1 Å². The Hall–Kier alpha value is -2.88. The molecule has 2 amide bonds. The average molecular weight is 389 g/mol. The highest BCUT2D eigenvalue weighted by Gasteiger charge is 2.33. The van der Waals surface area contributed by atoms with Gasteiger partial charge in [0.15, 0.2) is 0 Å². The van der Waals surface area contributed by atoms with Gasteiger partial charge in [0.1, 0.15) is 0 Å². The normalized spacial score (nSPS) is 19.3. The molecule has 0 aromatic heterocycles. The van der Waals surface area contributed by atoms with Crippen molar-refractivity contribution in [3.63, 3.8) is 0 Å². The van der Waals surface area contributed by atoms with Gasteiger partial charge in [0.2, 0.25) is 11.8 Å². The Labute approximate surface area is 172 Å². The van der Waals surface area contributed by atoms with Crippen LogP contribution in [0, 0.1) is 5.92 Å². The molecule has 2 aliphatic rings. The zero-order valence-electron chi connectivity index (χ0n) is 17.0. The van der Waals surface area contributed by atoms with Gasteiger partial charge in [-0.25, -0.2) is 0 Å². The number of rotatable bonds is 4. The van der Waals surface area contributed by atoms with Crippen LogP contribution in [-0.4, -0.2) is 41.8 Å². The van der Waals surface area contributed by atoms with Gasteiger partial charge in [0.05, 0.1) is 6.04 Å². The Bertz CT molecular complexity index is 898. The molecular weight excluding hydrogens is 360 g/mol. The van der Waals surface area contributed by atoms with Crippen LogP contribution in [0.15, 0.2) is 60.7 Å². The molecule has 1 unspecified atom stereocenters. The minimum atomic E-state index is 0.00918. The zero-order chi connectivity index (χ0) is 20.2. The Morgan fingerprint density at radius 3 is 2.41 bits per heavy atom. The number of carbonyl (C=O) groups is 2. The fourth-order valence-corrected chi connectivity index (χ4v) is 4.56. The fourth-order valence-electron chi connectivity index (χ4n) is 4.56. The second-order valence-electron chi connectivity index (χ2n) is 8.05. The van der Waals surface area contributed by atoms with E-state index in [9.17, 15) is 9.59 Å². The highest BCUT2D eigenvalue weighted by Crippen LogP contribution is 2.36. The second kappa shape index (κ2) is 8.64. The van der Waals surface area contributed by atoms with E-state index in [1.807, 2.05) is 53.3 Å². The van der Waals surface area contributed by atoms with Crippen molar-refractivity contribution in [3.8, 4) is 0 Å². The van der Waals surface area contributed by atoms with Crippen molar-refractivity contribution < 1.29 is 9.59 Å². The number of benzene rings is 2. The first-order valence-corrected chi connectivity index (χ1v) is 10.5. The molecule has 1 aliphatic heterocycles. The summed E-state index contributed by atoms with van der Waals surface area (Å²) < 4.78 is 0. The summed E-state index contributed by atoms with van der Waals surface area (Å²) in [4.78, 5) is 29.4. The lowest BCUT2D eigenvalue weighted by molar-refractivity contribution is -0.140. The molecule has 0 radical (unpaired) electrons. The van der Waals surface area contributed by atoms with Gasteiger partial charge in [-0.3, -0.25) is 9.59 Å². The SMILES string of the molecule is CN(C(=O)C1CCN(C(=O)C=Cc2ccccc2)CC1)C1CCc2ccccc21. The summed E-state index contributed by atoms with van der Waals surface area (Å²) in [5.74, 6) is 0.256. The molecule has 4 nitrogen and oxygen atoms in total. The maximum atomic E-state index is 13.1. The number of likely N-dealkylation sites (tertiary alicyclic amines) is 1. The fraction of sp³-hybridized carbons (Fsp3) is 0.360. The largest absolute Gasteiger partial charge is 0.339 e. The third kappa shape index (κ3) is 4.26. The van der Waals surface area contributed by atoms with Crippen LogP contribution in [-0.2, 0) is 16.0 Å². The van der Waals surface area contributed by atoms with Crippen molar-refractivity contribution in [2.45, 2.75) is 31.7 Å². The molecule has 2 aromatic rings. The van der Waals surface area contributed by atoms with Gasteiger partial charge in [-0.2, -0.15) is 0 Å². The maximum Gasteiger partial charge on any atom is 0.246 e. The third-order valence-electron chi connectivity index (χ3n) is 6.29. The van der Waals surface area contributed by atoms with Gasteiger partial charge in [0.25, 0.3) is 0 Å². The first-order valence-electron chi connectivity index (χ1n) is 10.5. The van der Waals surface area contributed by atoms with Gasteiger partial charge in [-0.15, -0.1) is 0 Å². The molecule has 0 saturated carbocycles. The van der Waals surface area contributed by atoms with Gasteiger partial charge in [-0.1, -0.05) is 54.6 Å². The van der Waals surface area contributed by atoms with E-state index in [0.717, 1.165) is 31.2 Å². The molecule has 150 valence electrons. The van der Waals surface area contributed by atoms with Crippen LogP contribution in [0.1, 0.15) is 42.0 Å². The Balaban J connectivity index is 1.32. The summed E-state index contributed by atoms with van der Waals surface area (Å²) in [6.45, 7) is 1.28. The molecule has 1 aliphatic carbocycles. The van der Waals surface area contributed by atoms with E-state index in [1.54, 1.807) is 6.08 Å². The molecule has 1 atom stereocenters. The predicted octanol–water partition coefficient (Wildman–Crippen LogP) is 4.08. The highest BCUT2D eigenvalue weighted by atomic mass is 16.2. The number of nitrogens with zero attached hydrogens (tertiary/aromatic N) is 2. The molecule has 1 fully saturated rings. The lowest BCUT2D eigenvalue weighted by atomic mass is 9.94. The Kier molecular flexibility index (Phi) is 5.79. The quantitative estimate of drug-likeness (QED) is 0.741. The molecule has 4 rings (SSSR count). The minimum absolute atomic E-state index is 0.00918. The number of aryl methyl sites for hydroxylation is 1. The predicted molar refractivity (Wildman–Crippen MR) is 115 cm³/mol. The smallest absolute Gasteiger partial charge is 0.246 e. The second-order valence-corrected chi connectivity index (χ2v) is 8.05. The van der Waals surface area contributed by atoms with Crippen LogP contribution in [0.2, 0.25) is 0 Å². The number of hydrogen-bond acceptors (Lipinski definition) is 2. The molecule has 2 aromatic carbocycles. The van der Waals surface area contributed by atoms with E-state index in [-0.39, 0.29) is 23.8 Å². The first-order chi connectivity index (χ1) is 14.1. The van der Waals surface area contributed by atoms with Crippen LogP contribution < -0.4 is 0 Å². The summed E-state index contributed by atoms with van der Waals surface area (Å²) in [7, 11) is 1.94. The third-order valence-corrected chi connectivity index (χ3v) is 6.29. The molecule has 1 saturated heterocycles. The number of fused-ring (bicyclic) bond motifs is 1. The van der Waals surface area contributed by atoms with E-state index < -0.39 is 0 Å². The standard InChI is InChI=1S/C25H28N2O2/c1-26(23-13-12-20-9-5-6-10-22(20)23)25(29)21-15-17-27(18-16-21)24(28)14-11-19-7-3-2-4-8-19/h2-11,14,21,23H,12-13,15-18H2,1H3. The van der Waals surface area contributed by atoms with Crippen molar-refractivity contribution in [2.24, 2.45) is 5.92 Å². The van der Waals surface area contributed by atoms with Crippen LogP contribution in [0.25, 0.3) is 6.08 Å². The van der Waals surface area contributed by atoms with Crippen molar-refractivity contribution in [3.05, 3.63) is 77.4 Å². The summed E-state index contributed by atoms with van der Waals surface area (Å²) >= 11 is 0. The molecule has 1 heterocycles. The Morgan fingerprint density at radius 2 is 1.66 bits per heavy atom. The van der Waals surface area contributed by atoms with E-state index in [2.05, 4.69) is 24.3 Å². The number of piperidine rings is 1. The molecule has 4 heteroatoms. The average Bonchev–Trinajstić information content (AvgIpc) is 3.21. The van der Waals surface area contributed by atoms with E-state index in [1.165, 1.54) is 11.1 Å². The lowest BCUT2D eigenvalue weighted by Gasteiger charge is -2.34. The van der Waals surface area contributed by atoms with Crippen LogP contribution in [0.4, 0.5) is 0 Å². The van der Waals surface area contributed by atoms with Gasteiger partial charge in [0, 0.05) is 32.1 Å². The molecular formula is C25H28N2O2. The number of carbonyl (C=O) groups excluding carboxylic acids is 2. The minimum Gasteiger partial charge on any atom is -0.339 e. The van der Waals surface area contributed by atoms with Gasteiger partial charge >= 0.3 is 0 Å². The van der Waals surface area contributed by atoms with Crippen molar-refractivity contribution in [1.82, 2.24) is 9.80 Å². The van der Waals surface area contributed by atoms with Crippen molar-refractivity contribution in [1.29, 1.82) is 0 Å². The van der Waals surface area contributed by atoms with Crippen LogP contribution in [0.5, 0.6) is 0 Å². The molecule has 0 bridgehead atoms. The van der Waals surface area contributed by atoms with Gasteiger partial charge < -0.3 is 9.80 Å². The van der Waals surface area contributed by atoms with E-state index >= 15 is 0 Å². The summed E-state index contributed by atoms with van der Waals surface area (Å²) in [6.07, 6.45) is 7.01. The lowest BCUT2D eigenvalue weighted by Crippen LogP contribution is -2.43. The summed E-state index contributed by atoms with van der Waals surface area (Å²) in [5.41, 5.74) is 3.68. The van der Waals surface area contributed by atoms with Gasteiger partial charge in [-0.05, 0) is 48.4 Å². The topological polar surface area (TPSA) is 40.6 Å². The molecule has 29 heavy (non-hydrogen) atoms. The summed E-state index contributed by atoms with van der Waals surface area (Å²) in [5, 5.41) is 0.